The fourth-order valence-electron chi connectivity index (χ4n) is 3.58. The molecule has 2 aromatic carbocycles. The van der Waals surface area contributed by atoms with E-state index < -0.39 is 11.7 Å². The van der Waals surface area contributed by atoms with Crippen molar-refractivity contribution in [1.29, 1.82) is 0 Å². The molecule has 3 rings (SSSR count). The summed E-state index contributed by atoms with van der Waals surface area (Å²) in [6, 6.07) is 19.4. The van der Waals surface area contributed by atoms with Gasteiger partial charge in [0.15, 0.2) is 0 Å². The van der Waals surface area contributed by atoms with Gasteiger partial charge in [0.1, 0.15) is 11.7 Å². The van der Waals surface area contributed by atoms with Gasteiger partial charge in [-0.3, -0.25) is 4.79 Å². The third kappa shape index (κ3) is 6.34. The molecule has 1 amide bonds. The molecule has 0 radical (unpaired) electrons. The summed E-state index contributed by atoms with van der Waals surface area (Å²) in [6.45, 7) is 5.47. The van der Waals surface area contributed by atoms with Gasteiger partial charge in [-0.25, -0.2) is 4.79 Å². The van der Waals surface area contributed by atoms with Crippen molar-refractivity contribution < 1.29 is 19.1 Å². The van der Waals surface area contributed by atoms with Gasteiger partial charge in [0.25, 0.3) is 0 Å². The summed E-state index contributed by atoms with van der Waals surface area (Å²) >= 11 is 0. The molecular formula is C24H29NO4. The predicted molar refractivity (Wildman–Crippen MR) is 111 cm³/mol. The molecule has 0 aliphatic carbocycles. The lowest BCUT2D eigenvalue weighted by atomic mass is 9.92. The Morgan fingerprint density at radius 3 is 2.24 bits per heavy atom. The first-order chi connectivity index (χ1) is 13.8. The third-order valence-electron chi connectivity index (χ3n) is 4.89. The number of rotatable bonds is 6. The molecule has 3 atom stereocenters. The number of hydrogen-bond acceptors (Lipinski definition) is 4. The Labute approximate surface area is 172 Å². The van der Waals surface area contributed by atoms with Crippen molar-refractivity contribution in [2.45, 2.75) is 57.8 Å². The van der Waals surface area contributed by atoms with Crippen molar-refractivity contribution in [1.82, 2.24) is 5.32 Å². The second kappa shape index (κ2) is 9.12. The highest BCUT2D eigenvalue weighted by atomic mass is 16.6. The molecule has 0 spiro atoms. The first-order valence-corrected chi connectivity index (χ1v) is 10.1. The minimum Gasteiger partial charge on any atom is -0.460 e. The monoisotopic (exact) mass is 395 g/mol. The predicted octanol–water partition coefficient (Wildman–Crippen LogP) is 4.30. The van der Waals surface area contributed by atoms with E-state index in [1.54, 1.807) is 0 Å². The number of amides is 1. The van der Waals surface area contributed by atoms with Crippen LogP contribution in [0.2, 0.25) is 0 Å². The van der Waals surface area contributed by atoms with Crippen LogP contribution >= 0.6 is 0 Å². The maximum atomic E-state index is 12.5. The second-order valence-corrected chi connectivity index (χ2v) is 8.54. The highest BCUT2D eigenvalue weighted by Crippen LogP contribution is 2.28. The lowest BCUT2D eigenvalue weighted by Gasteiger charge is -2.26. The lowest BCUT2D eigenvalue weighted by molar-refractivity contribution is -0.145. The summed E-state index contributed by atoms with van der Waals surface area (Å²) in [5, 5.41) is 2.93. The molecule has 1 N–H and O–H groups in total. The number of nitrogens with one attached hydrogen (secondary N) is 1. The van der Waals surface area contributed by atoms with Crippen LogP contribution in [0.5, 0.6) is 0 Å². The Hall–Kier alpha value is -2.82. The summed E-state index contributed by atoms with van der Waals surface area (Å²) in [5.41, 5.74) is 1.58. The first kappa shape index (κ1) is 20.9. The van der Waals surface area contributed by atoms with Crippen molar-refractivity contribution in [3.8, 4) is 0 Å². The molecule has 1 saturated heterocycles. The van der Waals surface area contributed by atoms with E-state index in [2.05, 4.69) is 5.32 Å². The van der Waals surface area contributed by atoms with Crippen molar-refractivity contribution in [3.05, 3.63) is 71.8 Å². The average molecular weight is 395 g/mol. The fraction of sp³-hybridized carbons (Fsp3) is 0.417. The molecular weight excluding hydrogens is 366 g/mol. The number of esters is 1. The molecule has 29 heavy (non-hydrogen) atoms. The highest BCUT2D eigenvalue weighted by molar-refractivity contribution is 5.75. The normalized spacial score (nSPS) is 20.0. The molecule has 1 aliphatic rings. The number of carbonyl (C=O) groups is 2. The lowest BCUT2D eigenvalue weighted by Crippen LogP contribution is -2.46. The van der Waals surface area contributed by atoms with E-state index in [0.717, 1.165) is 11.1 Å². The van der Waals surface area contributed by atoms with E-state index in [1.807, 2.05) is 81.4 Å². The van der Waals surface area contributed by atoms with Crippen LogP contribution in [0.25, 0.3) is 0 Å². The smallest absolute Gasteiger partial charge is 0.408 e. The maximum absolute atomic E-state index is 12.5. The average Bonchev–Trinajstić information content (AvgIpc) is 3.02. The molecule has 1 unspecified atom stereocenters. The third-order valence-corrected chi connectivity index (χ3v) is 4.89. The molecule has 1 fully saturated rings. The molecule has 5 heteroatoms. The summed E-state index contributed by atoms with van der Waals surface area (Å²) in [4.78, 5) is 24.9. The van der Waals surface area contributed by atoms with E-state index in [9.17, 15) is 9.59 Å². The van der Waals surface area contributed by atoms with Gasteiger partial charge in [0.2, 0.25) is 0 Å². The van der Waals surface area contributed by atoms with E-state index >= 15 is 0 Å². The van der Waals surface area contributed by atoms with Gasteiger partial charge in [0.05, 0.1) is 12.0 Å². The fourth-order valence-corrected chi connectivity index (χ4v) is 3.58. The minimum atomic E-state index is -0.594. The summed E-state index contributed by atoms with van der Waals surface area (Å²) < 4.78 is 11.1. The molecule has 0 bridgehead atoms. The Balaban J connectivity index is 1.71. The van der Waals surface area contributed by atoms with E-state index in [0.29, 0.717) is 19.3 Å². The van der Waals surface area contributed by atoms with Gasteiger partial charge < -0.3 is 14.8 Å². The zero-order chi connectivity index (χ0) is 20.9. The number of carbonyl (C=O) groups excluding carboxylic acids is 2. The quantitative estimate of drug-likeness (QED) is 0.741. The molecule has 0 aromatic heterocycles. The molecule has 154 valence electrons. The summed E-state index contributed by atoms with van der Waals surface area (Å²) in [5.74, 6) is -0.413. The standard InChI is InChI=1S/C24H29NO4/c1-24(2,3)29-23(27)25-20(15-18-12-8-5-9-13-18)21-16-19(22(26)28-21)14-17-10-6-4-7-11-17/h4-13,19-21H,14-16H2,1-3H3,(H,25,27)/t19-,20?,21+/m1/s1. The molecule has 0 saturated carbocycles. The van der Waals surface area contributed by atoms with Gasteiger partial charge in [0, 0.05) is 6.42 Å². The second-order valence-electron chi connectivity index (χ2n) is 8.54. The van der Waals surface area contributed by atoms with Crippen molar-refractivity contribution in [2.75, 3.05) is 0 Å². The van der Waals surface area contributed by atoms with Gasteiger partial charge in [-0.15, -0.1) is 0 Å². The van der Waals surface area contributed by atoms with E-state index in [-0.39, 0.29) is 24.0 Å². The van der Waals surface area contributed by atoms with E-state index in [4.69, 9.17) is 9.47 Å². The van der Waals surface area contributed by atoms with Gasteiger partial charge in [-0.2, -0.15) is 0 Å². The molecule has 5 nitrogen and oxygen atoms in total. The van der Waals surface area contributed by atoms with Crippen LogP contribution in [-0.4, -0.2) is 29.8 Å². The van der Waals surface area contributed by atoms with Crippen LogP contribution in [0.4, 0.5) is 4.79 Å². The summed E-state index contributed by atoms with van der Waals surface area (Å²) in [6.07, 6.45) is 0.891. The van der Waals surface area contributed by atoms with Gasteiger partial charge in [-0.05, 0) is 44.7 Å². The van der Waals surface area contributed by atoms with Crippen LogP contribution < -0.4 is 5.32 Å². The topological polar surface area (TPSA) is 64.6 Å². The van der Waals surface area contributed by atoms with Crippen molar-refractivity contribution in [2.24, 2.45) is 5.92 Å². The van der Waals surface area contributed by atoms with Crippen LogP contribution in [-0.2, 0) is 27.1 Å². The largest absolute Gasteiger partial charge is 0.460 e. The van der Waals surface area contributed by atoms with Crippen molar-refractivity contribution >= 4 is 12.1 Å². The molecule has 1 aliphatic heterocycles. The Morgan fingerprint density at radius 2 is 1.66 bits per heavy atom. The Morgan fingerprint density at radius 1 is 1.07 bits per heavy atom. The van der Waals surface area contributed by atoms with Crippen LogP contribution in [0.15, 0.2) is 60.7 Å². The van der Waals surface area contributed by atoms with Crippen LogP contribution in [0, 0.1) is 5.92 Å². The molecule has 2 aromatic rings. The van der Waals surface area contributed by atoms with E-state index in [1.165, 1.54) is 0 Å². The summed E-state index contributed by atoms with van der Waals surface area (Å²) in [7, 11) is 0. The van der Waals surface area contributed by atoms with Crippen LogP contribution in [0.3, 0.4) is 0 Å². The zero-order valence-corrected chi connectivity index (χ0v) is 17.3. The number of cyclic esters (lactones) is 1. The zero-order valence-electron chi connectivity index (χ0n) is 17.3. The number of alkyl carbamates (subject to hydrolysis) is 1. The SMILES string of the molecule is CC(C)(C)OC(=O)NC(Cc1ccccc1)[C@@H]1C[C@@H](Cc2ccccc2)C(=O)O1. The van der Waals surface area contributed by atoms with Crippen LogP contribution in [0.1, 0.15) is 38.3 Å². The Bertz CT molecular complexity index is 814. The van der Waals surface area contributed by atoms with Gasteiger partial charge >= 0.3 is 12.1 Å². The maximum Gasteiger partial charge on any atom is 0.408 e. The number of benzene rings is 2. The Kier molecular flexibility index (Phi) is 6.57. The molecule has 1 heterocycles. The van der Waals surface area contributed by atoms with Crippen molar-refractivity contribution in [3.63, 3.8) is 0 Å². The number of ether oxygens (including phenoxy) is 2. The number of hydrogen-bond donors (Lipinski definition) is 1. The van der Waals surface area contributed by atoms with Gasteiger partial charge in [-0.1, -0.05) is 60.7 Å². The highest BCUT2D eigenvalue weighted by Gasteiger charge is 2.39. The first-order valence-electron chi connectivity index (χ1n) is 10.1. The minimum absolute atomic E-state index is 0.206.